The van der Waals surface area contributed by atoms with Crippen molar-refractivity contribution < 1.29 is 9.53 Å². The maximum absolute atomic E-state index is 11.5. The number of esters is 1. The number of aromatic nitrogens is 6. The predicted octanol–water partition coefficient (Wildman–Crippen LogP) is 3.48. The number of hydrogen-bond donors (Lipinski definition) is 0. The van der Waals surface area contributed by atoms with Crippen LogP contribution < -0.4 is 0 Å². The van der Waals surface area contributed by atoms with Gasteiger partial charge in [-0.25, -0.2) is 9.97 Å². The third-order valence-electron chi connectivity index (χ3n) is 5.24. The van der Waals surface area contributed by atoms with Crippen molar-refractivity contribution in [2.75, 3.05) is 0 Å². The van der Waals surface area contributed by atoms with Crippen LogP contribution in [0.3, 0.4) is 0 Å². The Balaban J connectivity index is 1.30. The third kappa shape index (κ3) is 4.00. The highest BCUT2D eigenvalue weighted by Gasteiger charge is 2.21. The Kier molecular flexibility index (Phi) is 4.87. The van der Waals surface area contributed by atoms with Crippen molar-refractivity contribution in [2.45, 2.75) is 13.0 Å². The van der Waals surface area contributed by atoms with Gasteiger partial charge in [-0.1, -0.05) is 18.2 Å². The smallest absolute Gasteiger partial charge is 0.317 e. The largest absolute Gasteiger partial charge is 0.434 e. The number of ether oxygens (including phenoxy) is 1. The average molecular weight is 412 g/mol. The highest BCUT2D eigenvalue weighted by Crippen LogP contribution is 2.25. The summed E-state index contributed by atoms with van der Waals surface area (Å²) in [6.45, 7) is 0.629. The first-order chi connectivity index (χ1) is 15.2. The van der Waals surface area contributed by atoms with E-state index in [1.807, 2.05) is 48.5 Å². The third-order valence-corrected chi connectivity index (χ3v) is 5.24. The molecular weight excluding hydrogens is 392 g/mol. The second-order valence-corrected chi connectivity index (χ2v) is 7.43. The van der Waals surface area contributed by atoms with Gasteiger partial charge in [0.2, 0.25) is 0 Å². The van der Waals surface area contributed by atoms with Gasteiger partial charge < -0.3 is 4.74 Å². The fourth-order valence-electron chi connectivity index (χ4n) is 3.52. The summed E-state index contributed by atoms with van der Waals surface area (Å²) in [5.74, 6) is 0.259. The molecule has 0 spiro atoms. The lowest BCUT2D eigenvalue weighted by atomic mass is 10.1. The number of hydrogen-bond acceptors (Lipinski definition) is 6. The van der Waals surface area contributed by atoms with Crippen LogP contribution in [0, 0.1) is 5.92 Å². The monoisotopic (exact) mass is 412 g/mol. The maximum Gasteiger partial charge on any atom is 0.317 e. The van der Waals surface area contributed by atoms with Gasteiger partial charge in [0.15, 0.2) is 5.82 Å². The highest BCUT2D eigenvalue weighted by molar-refractivity contribution is 5.77. The van der Waals surface area contributed by atoms with E-state index in [1.54, 1.807) is 29.3 Å². The normalized spacial score (nSPS) is 15.4. The van der Waals surface area contributed by atoms with Crippen LogP contribution >= 0.6 is 0 Å². The molecule has 8 nitrogen and oxygen atoms in total. The Morgan fingerprint density at radius 3 is 2.45 bits per heavy atom. The highest BCUT2D eigenvalue weighted by atomic mass is 16.5. The standard InChI is InChI=1S/C23H20N6O2/c1-28-14-20(12-26-28)17-3-2-4-18(9-17)22-24-10-19(11-25-22)21-13-27-29(15-21)7-5-16-6-8-31-23(16)30/h2-4,6,8-16H,5,7H2,1H3. The van der Waals surface area contributed by atoms with Gasteiger partial charge in [0.1, 0.15) is 0 Å². The van der Waals surface area contributed by atoms with Gasteiger partial charge in [-0.2, -0.15) is 10.2 Å². The van der Waals surface area contributed by atoms with E-state index >= 15 is 0 Å². The topological polar surface area (TPSA) is 87.7 Å². The summed E-state index contributed by atoms with van der Waals surface area (Å²) in [5.41, 5.74) is 4.88. The molecule has 4 heterocycles. The minimum atomic E-state index is -0.205. The molecule has 5 rings (SSSR count). The number of aryl methyl sites for hydroxylation is 2. The Bertz CT molecular complexity index is 1260. The molecule has 0 fully saturated rings. The molecular formula is C23H20N6O2. The van der Waals surface area contributed by atoms with Crippen LogP contribution in [0.2, 0.25) is 0 Å². The zero-order valence-electron chi connectivity index (χ0n) is 16.9. The molecule has 0 saturated carbocycles. The summed E-state index contributed by atoms with van der Waals surface area (Å²) in [7, 11) is 1.90. The Hall–Kier alpha value is -4.07. The number of nitrogens with zero attached hydrogens (tertiary/aromatic N) is 6. The van der Waals surface area contributed by atoms with Gasteiger partial charge in [-0.3, -0.25) is 14.2 Å². The molecule has 1 aliphatic heterocycles. The van der Waals surface area contributed by atoms with Gasteiger partial charge >= 0.3 is 5.97 Å². The molecule has 8 heteroatoms. The van der Waals surface area contributed by atoms with Crippen molar-refractivity contribution in [3.8, 4) is 33.6 Å². The first kappa shape index (κ1) is 18.9. The second kappa shape index (κ2) is 7.98. The van der Waals surface area contributed by atoms with Crippen molar-refractivity contribution in [3.05, 3.63) is 73.8 Å². The molecule has 1 aromatic carbocycles. The van der Waals surface area contributed by atoms with Crippen molar-refractivity contribution >= 4 is 5.97 Å². The van der Waals surface area contributed by atoms with Crippen molar-refractivity contribution in [1.29, 1.82) is 0 Å². The van der Waals surface area contributed by atoms with Gasteiger partial charge in [0, 0.05) is 60.6 Å². The molecule has 0 saturated heterocycles. The van der Waals surface area contributed by atoms with Gasteiger partial charge in [-0.15, -0.1) is 0 Å². The average Bonchev–Trinajstić information content (AvgIpc) is 3.54. The number of rotatable bonds is 6. The summed E-state index contributed by atoms with van der Waals surface area (Å²) in [5, 5.41) is 8.62. The summed E-state index contributed by atoms with van der Waals surface area (Å²) in [4.78, 5) is 20.6. The predicted molar refractivity (Wildman–Crippen MR) is 114 cm³/mol. The van der Waals surface area contributed by atoms with Crippen molar-refractivity contribution in [2.24, 2.45) is 13.0 Å². The maximum atomic E-state index is 11.5. The first-order valence-electron chi connectivity index (χ1n) is 9.97. The van der Waals surface area contributed by atoms with E-state index in [4.69, 9.17) is 4.74 Å². The molecule has 1 atom stereocenters. The Morgan fingerprint density at radius 1 is 0.935 bits per heavy atom. The van der Waals surface area contributed by atoms with E-state index in [2.05, 4.69) is 26.2 Å². The van der Waals surface area contributed by atoms with E-state index in [0.717, 1.165) is 27.8 Å². The van der Waals surface area contributed by atoms with Gasteiger partial charge in [0.05, 0.1) is 24.6 Å². The quantitative estimate of drug-likeness (QED) is 0.451. The molecule has 4 aromatic rings. The number of carbonyl (C=O) groups excluding carboxylic acids is 1. The van der Waals surface area contributed by atoms with Crippen LogP contribution in [0.15, 0.2) is 73.8 Å². The minimum absolute atomic E-state index is 0.197. The zero-order valence-corrected chi connectivity index (χ0v) is 16.9. The first-order valence-corrected chi connectivity index (χ1v) is 9.97. The molecule has 1 aliphatic rings. The van der Waals surface area contributed by atoms with Crippen molar-refractivity contribution in [3.63, 3.8) is 0 Å². The summed E-state index contributed by atoms with van der Waals surface area (Å²) >= 11 is 0. The summed E-state index contributed by atoms with van der Waals surface area (Å²) in [6.07, 6.45) is 15.0. The summed E-state index contributed by atoms with van der Waals surface area (Å²) < 4.78 is 8.44. The van der Waals surface area contributed by atoms with Crippen LogP contribution in [-0.2, 0) is 23.1 Å². The second-order valence-electron chi connectivity index (χ2n) is 7.43. The number of carbonyl (C=O) groups is 1. The molecule has 3 aromatic heterocycles. The number of benzene rings is 1. The molecule has 154 valence electrons. The van der Waals surface area contributed by atoms with Crippen LogP contribution in [-0.4, -0.2) is 35.5 Å². The Morgan fingerprint density at radius 2 is 1.71 bits per heavy atom. The fourth-order valence-corrected chi connectivity index (χ4v) is 3.52. The molecule has 0 aliphatic carbocycles. The zero-order chi connectivity index (χ0) is 21.2. The Labute approximate surface area is 178 Å². The van der Waals surface area contributed by atoms with E-state index in [-0.39, 0.29) is 11.9 Å². The van der Waals surface area contributed by atoms with Crippen LogP contribution in [0.4, 0.5) is 0 Å². The lowest BCUT2D eigenvalue weighted by Gasteiger charge is -2.05. The molecule has 0 N–H and O–H groups in total. The van der Waals surface area contributed by atoms with E-state index in [0.29, 0.717) is 18.8 Å². The minimum Gasteiger partial charge on any atom is -0.434 e. The van der Waals surface area contributed by atoms with Crippen LogP contribution in [0.1, 0.15) is 6.42 Å². The lowest BCUT2D eigenvalue weighted by molar-refractivity contribution is -0.139. The molecule has 0 bridgehead atoms. The number of cyclic esters (lactones) is 1. The molecule has 1 unspecified atom stereocenters. The molecule has 0 radical (unpaired) electrons. The fraction of sp³-hybridized carbons (Fsp3) is 0.174. The van der Waals surface area contributed by atoms with E-state index in [1.165, 1.54) is 6.26 Å². The van der Waals surface area contributed by atoms with Crippen molar-refractivity contribution in [1.82, 2.24) is 29.5 Å². The van der Waals surface area contributed by atoms with Gasteiger partial charge in [0.25, 0.3) is 0 Å². The van der Waals surface area contributed by atoms with E-state index < -0.39 is 0 Å². The van der Waals surface area contributed by atoms with E-state index in [9.17, 15) is 4.79 Å². The summed E-state index contributed by atoms with van der Waals surface area (Å²) in [6, 6.07) is 8.10. The SMILES string of the molecule is Cn1cc(-c2cccc(-c3ncc(-c4cnn(CCC5C=COC5=O)c4)cn3)c2)cn1. The lowest BCUT2D eigenvalue weighted by Crippen LogP contribution is -2.11. The molecule has 31 heavy (non-hydrogen) atoms. The van der Waals surface area contributed by atoms with Crippen LogP contribution in [0.25, 0.3) is 33.6 Å². The van der Waals surface area contributed by atoms with Crippen LogP contribution in [0.5, 0.6) is 0 Å². The molecule has 0 amide bonds. The van der Waals surface area contributed by atoms with Gasteiger partial charge in [-0.05, 0) is 24.1 Å².